The second kappa shape index (κ2) is 12.3. The Kier molecular flexibility index (Phi) is 7.40. The fourth-order valence-electron chi connectivity index (χ4n) is 8.14. The van der Waals surface area contributed by atoms with E-state index in [0.717, 1.165) is 16.8 Å². The van der Waals surface area contributed by atoms with E-state index in [4.69, 9.17) is 10.7 Å². The zero-order chi connectivity index (χ0) is 34.5. The van der Waals surface area contributed by atoms with Gasteiger partial charge in [-0.2, -0.15) is 0 Å². The molecule has 8 aromatic rings. The monoisotopic (exact) mass is 654 g/mol. The molecule has 0 aliphatic heterocycles. The number of fused-ring (bicyclic) bond motifs is 9. The molecule has 1 aliphatic rings. The summed E-state index contributed by atoms with van der Waals surface area (Å²) in [4.78, 5) is 5.28. The van der Waals surface area contributed by atoms with Gasteiger partial charge in [0, 0.05) is 11.1 Å². The number of rotatable bonds is 6. The van der Waals surface area contributed by atoms with Gasteiger partial charge in [-0.15, -0.1) is 0 Å². The van der Waals surface area contributed by atoms with Crippen LogP contribution < -0.4 is 5.73 Å². The van der Waals surface area contributed by atoms with Crippen LogP contribution in [0, 0.1) is 0 Å². The molecule has 0 unspecified atom stereocenters. The van der Waals surface area contributed by atoms with Gasteiger partial charge in [-0.1, -0.05) is 166 Å². The Morgan fingerprint density at radius 2 is 1.12 bits per heavy atom. The Bertz CT molecular complexity index is 2680. The second-order valence-corrected chi connectivity index (χ2v) is 14.1. The number of hydrogen-bond acceptors (Lipinski definition) is 2. The first kappa shape index (κ1) is 30.8. The van der Waals surface area contributed by atoms with Gasteiger partial charge in [0.15, 0.2) is 0 Å². The number of benzene rings is 8. The van der Waals surface area contributed by atoms with E-state index in [0.29, 0.717) is 12.2 Å². The van der Waals surface area contributed by atoms with Crippen molar-refractivity contribution in [3.63, 3.8) is 0 Å². The van der Waals surface area contributed by atoms with E-state index in [1.54, 1.807) is 0 Å². The van der Waals surface area contributed by atoms with E-state index < -0.39 is 0 Å². The van der Waals surface area contributed by atoms with Crippen LogP contribution in [0.4, 0.5) is 0 Å². The van der Waals surface area contributed by atoms with Crippen LogP contribution in [0.5, 0.6) is 0 Å². The molecule has 0 aromatic heterocycles. The van der Waals surface area contributed by atoms with Crippen LogP contribution in [0.2, 0.25) is 0 Å². The maximum atomic E-state index is 6.66. The summed E-state index contributed by atoms with van der Waals surface area (Å²) in [5.74, 6) is 0. The lowest BCUT2D eigenvalue weighted by Gasteiger charge is -2.22. The van der Waals surface area contributed by atoms with Gasteiger partial charge in [-0.3, -0.25) is 4.99 Å². The molecule has 9 rings (SSSR count). The summed E-state index contributed by atoms with van der Waals surface area (Å²) in [6.45, 7) is 5.21. The zero-order valence-corrected chi connectivity index (χ0v) is 28.9. The molecule has 0 spiro atoms. The van der Waals surface area contributed by atoms with Crippen LogP contribution in [0.15, 0.2) is 175 Å². The second-order valence-electron chi connectivity index (χ2n) is 14.1. The van der Waals surface area contributed by atoms with Crippen LogP contribution in [-0.2, 0) is 12.0 Å². The highest BCUT2D eigenvalue weighted by atomic mass is 14.7. The Morgan fingerprint density at radius 3 is 1.90 bits per heavy atom. The van der Waals surface area contributed by atoms with Crippen LogP contribution in [0.1, 0.15) is 41.7 Å². The number of allylic oxidation sites excluding steroid dienone is 1. The summed E-state index contributed by atoms with van der Waals surface area (Å²) < 4.78 is 0. The van der Waals surface area contributed by atoms with E-state index in [9.17, 15) is 0 Å². The molecule has 2 nitrogen and oxygen atoms in total. The molecule has 0 amide bonds. The van der Waals surface area contributed by atoms with Gasteiger partial charge in [-0.25, -0.2) is 0 Å². The molecule has 0 saturated heterocycles. The standard InChI is InChI=1S/C49H38N2/c1-49(2)44-23-12-11-21-40(44)41-27-25-35(29-45(41)49)34-24-26-39-37-19-9-10-20-38(37)42-22-13-18-36(48(42)43(39)28-34)31-51-47(33-16-7-4-8-17-33)30-46(50)32-14-5-3-6-15-32/h3-30H,31,50H2,1-2H3/b46-30-,51-47?. The molecule has 2 N–H and O–H groups in total. The minimum atomic E-state index is -0.0539. The van der Waals surface area contributed by atoms with Crippen molar-refractivity contribution < 1.29 is 0 Å². The van der Waals surface area contributed by atoms with Crippen LogP contribution >= 0.6 is 0 Å². The van der Waals surface area contributed by atoms with Crippen molar-refractivity contribution in [3.05, 3.63) is 198 Å². The van der Waals surface area contributed by atoms with Gasteiger partial charge in [0.1, 0.15) is 0 Å². The Hall–Kier alpha value is -6.25. The number of nitrogens with two attached hydrogens (primary N) is 1. The molecule has 0 heterocycles. The normalized spacial score (nSPS) is 13.8. The Morgan fingerprint density at radius 1 is 0.529 bits per heavy atom. The molecule has 1 aliphatic carbocycles. The van der Waals surface area contributed by atoms with E-state index in [1.165, 1.54) is 71.3 Å². The molecule has 0 fully saturated rings. The van der Waals surface area contributed by atoms with Crippen molar-refractivity contribution in [3.8, 4) is 22.3 Å². The fraction of sp³-hybridized carbons (Fsp3) is 0.0816. The average molecular weight is 655 g/mol. The Labute approximate surface area is 299 Å². The van der Waals surface area contributed by atoms with Gasteiger partial charge >= 0.3 is 0 Å². The fourth-order valence-corrected chi connectivity index (χ4v) is 8.14. The van der Waals surface area contributed by atoms with Crippen LogP contribution in [-0.4, -0.2) is 5.71 Å². The smallest absolute Gasteiger partial charge is 0.0671 e. The van der Waals surface area contributed by atoms with Crippen LogP contribution in [0.25, 0.3) is 60.3 Å². The maximum absolute atomic E-state index is 6.66. The molecule has 0 radical (unpaired) electrons. The predicted molar refractivity (Wildman–Crippen MR) is 217 cm³/mol. The lowest BCUT2D eigenvalue weighted by atomic mass is 9.81. The molecular weight excluding hydrogens is 617 g/mol. The van der Waals surface area contributed by atoms with Crippen molar-refractivity contribution in [2.45, 2.75) is 25.8 Å². The molecule has 0 atom stereocenters. The highest BCUT2D eigenvalue weighted by Crippen LogP contribution is 2.49. The predicted octanol–water partition coefficient (Wildman–Crippen LogP) is 12.1. The summed E-state index contributed by atoms with van der Waals surface area (Å²) in [7, 11) is 0. The summed E-state index contributed by atoms with van der Waals surface area (Å²) in [6.07, 6.45) is 2.01. The molecule has 244 valence electrons. The third-order valence-electron chi connectivity index (χ3n) is 10.8. The molecule has 8 aromatic carbocycles. The van der Waals surface area contributed by atoms with E-state index in [1.807, 2.05) is 42.5 Å². The SMILES string of the molecule is CC1(C)c2ccccc2-c2ccc(-c3ccc4c5ccccc5c5cccc(CN=C(/C=C(\N)c6ccccc6)c6ccccc6)c5c4c3)cc21. The van der Waals surface area contributed by atoms with Crippen molar-refractivity contribution in [1.29, 1.82) is 0 Å². The number of hydrogen-bond donors (Lipinski definition) is 1. The highest BCUT2D eigenvalue weighted by Gasteiger charge is 2.35. The van der Waals surface area contributed by atoms with Gasteiger partial charge in [0.2, 0.25) is 0 Å². The first-order valence-electron chi connectivity index (χ1n) is 17.7. The largest absolute Gasteiger partial charge is 0.398 e. The number of nitrogens with zero attached hydrogens (tertiary/aromatic N) is 1. The van der Waals surface area contributed by atoms with Crippen molar-refractivity contribution >= 4 is 43.7 Å². The van der Waals surface area contributed by atoms with E-state index >= 15 is 0 Å². The molecule has 0 bridgehead atoms. The first-order valence-corrected chi connectivity index (χ1v) is 17.7. The minimum Gasteiger partial charge on any atom is -0.398 e. The minimum absolute atomic E-state index is 0.0539. The van der Waals surface area contributed by atoms with Gasteiger partial charge in [-0.05, 0) is 101 Å². The highest BCUT2D eigenvalue weighted by molar-refractivity contribution is 6.26. The first-order chi connectivity index (χ1) is 25.0. The molecule has 0 saturated carbocycles. The lowest BCUT2D eigenvalue weighted by Crippen LogP contribution is -2.14. The number of aliphatic imine (C=N–C) groups is 1. The summed E-state index contributed by atoms with van der Waals surface area (Å²) >= 11 is 0. The molecule has 2 heteroatoms. The summed E-state index contributed by atoms with van der Waals surface area (Å²) in [5, 5.41) is 7.51. The third kappa shape index (κ3) is 5.23. The van der Waals surface area contributed by atoms with E-state index in [-0.39, 0.29) is 5.41 Å². The lowest BCUT2D eigenvalue weighted by molar-refractivity contribution is 0.660. The van der Waals surface area contributed by atoms with Gasteiger partial charge in [0.25, 0.3) is 0 Å². The van der Waals surface area contributed by atoms with Crippen molar-refractivity contribution in [2.24, 2.45) is 10.7 Å². The maximum Gasteiger partial charge on any atom is 0.0671 e. The van der Waals surface area contributed by atoms with Crippen LogP contribution in [0.3, 0.4) is 0 Å². The van der Waals surface area contributed by atoms with Gasteiger partial charge in [0.05, 0.1) is 12.3 Å². The summed E-state index contributed by atoms with van der Waals surface area (Å²) in [5.41, 5.74) is 19.3. The average Bonchev–Trinajstić information content (AvgIpc) is 3.42. The molecular formula is C49H38N2. The van der Waals surface area contributed by atoms with E-state index in [2.05, 4.69) is 141 Å². The Balaban J connectivity index is 1.22. The van der Waals surface area contributed by atoms with Gasteiger partial charge < -0.3 is 5.73 Å². The summed E-state index contributed by atoms with van der Waals surface area (Å²) in [6, 6.07) is 58.8. The topological polar surface area (TPSA) is 38.4 Å². The quantitative estimate of drug-likeness (QED) is 0.141. The molecule has 51 heavy (non-hydrogen) atoms. The van der Waals surface area contributed by atoms with Crippen molar-refractivity contribution in [1.82, 2.24) is 0 Å². The van der Waals surface area contributed by atoms with Crippen molar-refractivity contribution in [2.75, 3.05) is 0 Å². The zero-order valence-electron chi connectivity index (χ0n) is 28.9. The third-order valence-corrected chi connectivity index (χ3v) is 10.8.